The van der Waals surface area contributed by atoms with Crippen LogP contribution in [0.15, 0.2) is 42.5 Å². The van der Waals surface area contributed by atoms with Crippen molar-refractivity contribution in [1.82, 2.24) is 0 Å². The van der Waals surface area contributed by atoms with Crippen molar-refractivity contribution in [2.75, 3.05) is 22.1 Å². The summed E-state index contributed by atoms with van der Waals surface area (Å²) in [7, 11) is 0. The van der Waals surface area contributed by atoms with Gasteiger partial charge in [-0.25, -0.2) is 0 Å². The molecular weight excluding hydrogens is 314 g/mol. The van der Waals surface area contributed by atoms with E-state index in [0.29, 0.717) is 0 Å². The topological polar surface area (TPSA) is 61.4 Å². The van der Waals surface area contributed by atoms with Crippen LogP contribution in [0.3, 0.4) is 0 Å². The monoisotopic (exact) mass is 337 g/mol. The minimum absolute atomic E-state index is 0.0605. The number of aryl methyl sites for hydroxylation is 1. The van der Waals surface area contributed by atoms with Crippen molar-refractivity contribution in [3.05, 3.63) is 53.6 Å². The minimum atomic E-state index is -0.371. The second-order valence-corrected chi connectivity index (χ2v) is 6.49. The summed E-state index contributed by atoms with van der Waals surface area (Å²) in [5, 5.41) is 6.16. The lowest BCUT2D eigenvalue weighted by Crippen LogP contribution is -2.31. The maximum atomic E-state index is 12.4. The lowest BCUT2D eigenvalue weighted by atomic mass is 10.1. The molecule has 0 spiro atoms. The van der Waals surface area contributed by atoms with E-state index in [4.69, 9.17) is 0 Å². The molecule has 2 aromatic rings. The van der Waals surface area contributed by atoms with Crippen molar-refractivity contribution in [2.24, 2.45) is 0 Å². The Balaban J connectivity index is 1.66. The molecule has 0 fully saturated rings. The first-order chi connectivity index (χ1) is 11.9. The van der Waals surface area contributed by atoms with Gasteiger partial charge in [0.2, 0.25) is 11.8 Å². The average molecular weight is 337 g/mol. The largest absolute Gasteiger partial charge is 0.374 e. The number of hydrogen-bond donors (Lipinski definition) is 2. The lowest BCUT2D eigenvalue weighted by Gasteiger charge is -2.18. The second kappa shape index (κ2) is 6.97. The quantitative estimate of drug-likeness (QED) is 0.899. The van der Waals surface area contributed by atoms with Crippen molar-refractivity contribution in [3.63, 3.8) is 0 Å². The number of anilines is 3. The van der Waals surface area contributed by atoms with Crippen molar-refractivity contribution < 1.29 is 9.59 Å². The summed E-state index contributed by atoms with van der Waals surface area (Å²) in [5.74, 6) is -0.0261. The first-order valence-electron chi connectivity index (χ1n) is 8.49. The molecule has 130 valence electrons. The fourth-order valence-electron chi connectivity index (χ4n) is 3.11. The first-order valence-corrected chi connectivity index (χ1v) is 8.49. The highest BCUT2D eigenvalue weighted by atomic mass is 16.2. The van der Waals surface area contributed by atoms with E-state index < -0.39 is 0 Å². The number of benzene rings is 2. The highest BCUT2D eigenvalue weighted by molar-refractivity contribution is 5.97. The normalized spacial score (nSPS) is 14.0. The van der Waals surface area contributed by atoms with E-state index in [9.17, 15) is 9.59 Å². The number of carbonyl (C=O) groups excluding carboxylic acids is 2. The molecule has 3 rings (SSSR count). The Morgan fingerprint density at radius 2 is 1.92 bits per heavy atom. The molecule has 1 aliphatic heterocycles. The molecule has 0 bridgehead atoms. The van der Waals surface area contributed by atoms with Gasteiger partial charge in [0.25, 0.3) is 0 Å². The van der Waals surface area contributed by atoms with Crippen molar-refractivity contribution in [3.8, 4) is 0 Å². The molecule has 2 aromatic carbocycles. The Labute approximate surface area is 148 Å². The van der Waals surface area contributed by atoms with Gasteiger partial charge in [-0.2, -0.15) is 0 Å². The van der Waals surface area contributed by atoms with Gasteiger partial charge < -0.3 is 15.5 Å². The molecule has 0 aromatic heterocycles. The van der Waals surface area contributed by atoms with E-state index in [2.05, 4.69) is 10.6 Å². The standard InChI is InChI=1S/C20H23N3O2/c1-13-5-4-6-17(11-13)22-20(25)14(2)21-18-7-8-19-16(12-18)9-10-23(19)15(3)24/h4-8,11-12,14,21H,9-10H2,1-3H3,(H,22,25)/t14-/m1/s1. The first kappa shape index (κ1) is 17.0. The smallest absolute Gasteiger partial charge is 0.246 e. The summed E-state index contributed by atoms with van der Waals surface area (Å²) in [6, 6.07) is 13.2. The number of nitrogens with zero attached hydrogens (tertiary/aromatic N) is 1. The summed E-state index contributed by atoms with van der Waals surface area (Å²) >= 11 is 0. The van der Waals surface area contributed by atoms with Gasteiger partial charge >= 0.3 is 0 Å². The van der Waals surface area contributed by atoms with Crippen molar-refractivity contribution in [1.29, 1.82) is 0 Å². The van der Waals surface area contributed by atoms with Crippen LogP contribution in [0.2, 0.25) is 0 Å². The van der Waals surface area contributed by atoms with Gasteiger partial charge in [0.15, 0.2) is 0 Å². The molecule has 5 nitrogen and oxygen atoms in total. The maximum Gasteiger partial charge on any atom is 0.246 e. The van der Waals surface area contributed by atoms with Crippen LogP contribution in [0.4, 0.5) is 17.1 Å². The molecule has 0 saturated carbocycles. The van der Waals surface area contributed by atoms with Gasteiger partial charge in [-0.05, 0) is 61.7 Å². The summed E-state index contributed by atoms with van der Waals surface area (Å²) in [6.45, 7) is 6.13. The van der Waals surface area contributed by atoms with Gasteiger partial charge in [0.1, 0.15) is 6.04 Å². The Morgan fingerprint density at radius 3 is 2.64 bits per heavy atom. The van der Waals surface area contributed by atoms with Crippen molar-refractivity contribution >= 4 is 28.9 Å². The van der Waals surface area contributed by atoms with Crippen LogP contribution in [0.5, 0.6) is 0 Å². The molecule has 0 saturated heterocycles. The predicted octanol–water partition coefficient (Wildman–Crippen LogP) is 3.34. The zero-order valence-electron chi connectivity index (χ0n) is 14.8. The van der Waals surface area contributed by atoms with Gasteiger partial charge in [0, 0.05) is 30.5 Å². The molecule has 5 heteroatoms. The Hall–Kier alpha value is -2.82. The molecule has 25 heavy (non-hydrogen) atoms. The molecule has 0 aliphatic carbocycles. The second-order valence-electron chi connectivity index (χ2n) is 6.49. The number of hydrogen-bond acceptors (Lipinski definition) is 3. The average Bonchev–Trinajstić information content (AvgIpc) is 2.98. The summed E-state index contributed by atoms with van der Waals surface area (Å²) in [6.07, 6.45) is 0.842. The summed E-state index contributed by atoms with van der Waals surface area (Å²) in [5.41, 5.74) is 4.88. The molecule has 2 amide bonds. The Bertz CT molecular complexity index is 816. The zero-order chi connectivity index (χ0) is 18.0. The number of amides is 2. The third-order valence-electron chi connectivity index (χ3n) is 4.42. The van der Waals surface area contributed by atoms with E-state index in [1.165, 1.54) is 0 Å². The highest BCUT2D eigenvalue weighted by Crippen LogP contribution is 2.30. The van der Waals surface area contributed by atoms with Crippen LogP contribution in [0.1, 0.15) is 25.0 Å². The van der Waals surface area contributed by atoms with Gasteiger partial charge in [-0.15, -0.1) is 0 Å². The van der Waals surface area contributed by atoms with Crippen LogP contribution in [0, 0.1) is 6.92 Å². The van der Waals surface area contributed by atoms with E-state index in [-0.39, 0.29) is 17.9 Å². The fraction of sp³-hybridized carbons (Fsp3) is 0.300. The molecular formula is C20H23N3O2. The molecule has 1 heterocycles. The summed E-state index contributed by atoms with van der Waals surface area (Å²) < 4.78 is 0. The molecule has 1 aliphatic rings. The fourth-order valence-corrected chi connectivity index (χ4v) is 3.11. The van der Waals surface area contributed by atoms with Crippen LogP contribution in [0.25, 0.3) is 0 Å². The van der Waals surface area contributed by atoms with E-state index in [0.717, 1.165) is 41.2 Å². The lowest BCUT2D eigenvalue weighted by molar-refractivity contribution is -0.117. The summed E-state index contributed by atoms with van der Waals surface area (Å²) in [4.78, 5) is 25.8. The highest BCUT2D eigenvalue weighted by Gasteiger charge is 2.22. The number of nitrogens with one attached hydrogen (secondary N) is 2. The van der Waals surface area contributed by atoms with Crippen molar-refractivity contribution in [2.45, 2.75) is 33.2 Å². The van der Waals surface area contributed by atoms with Crippen LogP contribution in [-0.2, 0) is 16.0 Å². The molecule has 0 unspecified atom stereocenters. The van der Waals surface area contributed by atoms with E-state index in [1.807, 2.05) is 56.3 Å². The Kier molecular flexibility index (Phi) is 4.74. The number of fused-ring (bicyclic) bond motifs is 1. The van der Waals surface area contributed by atoms with Crippen LogP contribution < -0.4 is 15.5 Å². The van der Waals surface area contributed by atoms with E-state index >= 15 is 0 Å². The zero-order valence-corrected chi connectivity index (χ0v) is 14.8. The predicted molar refractivity (Wildman–Crippen MR) is 101 cm³/mol. The number of carbonyl (C=O) groups is 2. The van der Waals surface area contributed by atoms with Gasteiger partial charge in [-0.3, -0.25) is 9.59 Å². The van der Waals surface area contributed by atoms with Crippen LogP contribution >= 0.6 is 0 Å². The Morgan fingerprint density at radius 1 is 1.12 bits per heavy atom. The number of rotatable bonds is 4. The molecule has 0 radical (unpaired) electrons. The van der Waals surface area contributed by atoms with Gasteiger partial charge in [0.05, 0.1) is 0 Å². The van der Waals surface area contributed by atoms with E-state index in [1.54, 1.807) is 11.8 Å². The maximum absolute atomic E-state index is 12.4. The molecule has 2 N–H and O–H groups in total. The SMILES string of the molecule is CC(=O)N1CCc2cc(N[C@H](C)C(=O)Nc3cccc(C)c3)ccc21. The van der Waals surface area contributed by atoms with Gasteiger partial charge in [-0.1, -0.05) is 12.1 Å². The van der Waals surface area contributed by atoms with Crippen LogP contribution in [-0.4, -0.2) is 24.4 Å². The third-order valence-corrected chi connectivity index (χ3v) is 4.42. The molecule has 1 atom stereocenters. The minimum Gasteiger partial charge on any atom is -0.374 e. The third kappa shape index (κ3) is 3.82.